The molecule has 122 valence electrons. The maximum absolute atomic E-state index is 12.3. The molecule has 1 aliphatic heterocycles. The molecule has 0 aromatic carbocycles. The maximum atomic E-state index is 12.3. The second-order valence-electron chi connectivity index (χ2n) is 5.75. The fraction of sp³-hybridized carbons (Fsp3) is 0.833. The lowest BCUT2D eigenvalue weighted by atomic mass is 9.97. The van der Waals surface area contributed by atoms with Crippen molar-refractivity contribution in [3.05, 3.63) is 0 Å². The summed E-state index contributed by atoms with van der Waals surface area (Å²) < 4.78 is 25.0. The van der Waals surface area contributed by atoms with Crippen LogP contribution < -0.4 is 10.0 Å². The van der Waals surface area contributed by atoms with E-state index < -0.39 is 33.5 Å². The van der Waals surface area contributed by atoms with Crippen molar-refractivity contribution in [2.24, 2.45) is 5.92 Å². The second kappa shape index (κ2) is 6.97. The second-order valence-corrected chi connectivity index (χ2v) is 8.64. The van der Waals surface area contributed by atoms with Gasteiger partial charge in [0.1, 0.15) is 11.6 Å². The van der Waals surface area contributed by atoms with E-state index in [0.29, 0.717) is 24.3 Å². The van der Waals surface area contributed by atoms with Crippen molar-refractivity contribution in [3.8, 4) is 0 Å². The van der Waals surface area contributed by atoms with Crippen molar-refractivity contribution < 1.29 is 23.1 Å². The van der Waals surface area contributed by atoms with Gasteiger partial charge in [-0.25, -0.2) is 17.9 Å². The van der Waals surface area contributed by atoms with E-state index in [-0.39, 0.29) is 5.92 Å². The summed E-state index contributed by atoms with van der Waals surface area (Å²) in [5.41, 5.74) is -1.30. The molecule has 21 heavy (non-hydrogen) atoms. The lowest BCUT2D eigenvalue weighted by Crippen LogP contribution is -2.59. The fourth-order valence-corrected chi connectivity index (χ4v) is 4.19. The number of nitrogens with one attached hydrogen (secondary N) is 2. The molecule has 0 saturated carbocycles. The minimum absolute atomic E-state index is 0.0914. The van der Waals surface area contributed by atoms with Crippen molar-refractivity contribution in [3.63, 3.8) is 0 Å². The highest BCUT2D eigenvalue weighted by Gasteiger charge is 2.44. The van der Waals surface area contributed by atoms with E-state index in [4.69, 9.17) is 0 Å². The van der Waals surface area contributed by atoms with E-state index in [2.05, 4.69) is 10.0 Å². The smallest absolute Gasteiger partial charge is 0.330 e. The molecular weight excluding hydrogens is 316 g/mol. The standard InChI is InChI=1S/C12H22N2O5S2/c1-8(2)6-9(14-21(3,18)19)10(15)13-12(11(16)17)4-5-20-7-12/h8-9,14H,4-7H2,1-3H3,(H,13,15)(H,16,17). The summed E-state index contributed by atoms with van der Waals surface area (Å²) in [5.74, 6) is -0.626. The Labute approximate surface area is 129 Å². The van der Waals surface area contributed by atoms with Gasteiger partial charge >= 0.3 is 5.97 Å². The van der Waals surface area contributed by atoms with Crippen molar-refractivity contribution in [2.45, 2.75) is 38.3 Å². The van der Waals surface area contributed by atoms with Crippen LogP contribution in [0, 0.1) is 5.92 Å². The highest BCUT2D eigenvalue weighted by Crippen LogP contribution is 2.28. The molecule has 0 bridgehead atoms. The van der Waals surface area contributed by atoms with Gasteiger partial charge in [-0.2, -0.15) is 11.8 Å². The topological polar surface area (TPSA) is 113 Å². The molecule has 9 heteroatoms. The van der Waals surface area contributed by atoms with Crippen molar-refractivity contribution in [2.75, 3.05) is 17.8 Å². The van der Waals surface area contributed by atoms with Gasteiger partial charge in [0.05, 0.1) is 6.26 Å². The first kappa shape index (κ1) is 18.2. The van der Waals surface area contributed by atoms with Crippen LogP contribution in [0.3, 0.4) is 0 Å². The minimum atomic E-state index is -3.55. The highest BCUT2D eigenvalue weighted by atomic mass is 32.2. The summed E-state index contributed by atoms with van der Waals surface area (Å²) in [6.45, 7) is 3.73. The predicted molar refractivity (Wildman–Crippen MR) is 81.7 cm³/mol. The molecule has 1 heterocycles. The number of carboxylic acids is 1. The summed E-state index contributed by atoms with van der Waals surface area (Å²) in [7, 11) is -3.55. The van der Waals surface area contributed by atoms with Crippen LogP contribution in [0.5, 0.6) is 0 Å². The number of hydrogen-bond acceptors (Lipinski definition) is 5. The van der Waals surface area contributed by atoms with Crippen LogP contribution in [-0.4, -0.2) is 54.7 Å². The largest absolute Gasteiger partial charge is 0.479 e. The van der Waals surface area contributed by atoms with E-state index in [0.717, 1.165) is 6.26 Å². The third-order valence-corrected chi connectivity index (χ3v) is 5.08. The van der Waals surface area contributed by atoms with Crippen LogP contribution in [0.2, 0.25) is 0 Å². The molecule has 1 fully saturated rings. The number of carbonyl (C=O) groups excluding carboxylic acids is 1. The molecule has 2 unspecified atom stereocenters. The van der Waals surface area contributed by atoms with Gasteiger partial charge in [-0.3, -0.25) is 4.79 Å². The Kier molecular flexibility index (Phi) is 6.06. The Balaban J connectivity index is 2.87. The van der Waals surface area contributed by atoms with Gasteiger partial charge in [-0.05, 0) is 24.5 Å². The number of thioether (sulfide) groups is 1. The maximum Gasteiger partial charge on any atom is 0.330 e. The molecule has 0 aromatic rings. The number of amides is 1. The van der Waals surface area contributed by atoms with Gasteiger partial charge in [0.25, 0.3) is 0 Å². The number of sulfonamides is 1. The van der Waals surface area contributed by atoms with Crippen molar-refractivity contribution >= 4 is 33.7 Å². The zero-order valence-electron chi connectivity index (χ0n) is 12.4. The van der Waals surface area contributed by atoms with Gasteiger partial charge in [0.15, 0.2) is 0 Å². The van der Waals surface area contributed by atoms with Crippen molar-refractivity contribution in [1.29, 1.82) is 0 Å². The third kappa shape index (κ3) is 5.48. The quantitative estimate of drug-likeness (QED) is 0.603. The monoisotopic (exact) mass is 338 g/mol. The third-order valence-electron chi connectivity index (χ3n) is 3.17. The molecule has 0 spiro atoms. The Morgan fingerprint density at radius 1 is 1.38 bits per heavy atom. The molecule has 1 amide bonds. The molecule has 3 N–H and O–H groups in total. The van der Waals surface area contributed by atoms with Crippen LogP contribution in [0.25, 0.3) is 0 Å². The molecule has 2 atom stereocenters. The van der Waals surface area contributed by atoms with E-state index in [9.17, 15) is 23.1 Å². The normalized spacial score (nSPS) is 24.0. The number of carboxylic acid groups (broad SMARTS) is 1. The zero-order valence-corrected chi connectivity index (χ0v) is 14.0. The van der Waals surface area contributed by atoms with Gasteiger partial charge in [-0.1, -0.05) is 13.8 Å². The van der Waals surface area contributed by atoms with Gasteiger partial charge in [0.2, 0.25) is 15.9 Å². The molecule has 0 aromatic heterocycles. The van der Waals surface area contributed by atoms with E-state index in [1.54, 1.807) is 0 Å². The lowest BCUT2D eigenvalue weighted by Gasteiger charge is -2.28. The Bertz CT molecular complexity index is 498. The Hall–Kier alpha value is -0.800. The van der Waals surface area contributed by atoms with Crippen LogP contribution in [-0.2, 0) is 19.6 Å². The van der Waals surface area contributed by atoms with Gasteiger partial charge in [-0.15, -0.1) is 0 Å². The summed E-state index contributed by atoms with van der Waals surface area (Å²) in [5, 5.41) is 11.9. The SMILES string of the molecule is CC(C)CC(NS(C)(=O)=O)C(=O)NC1(C(=O)O)CCSC1. The van der Waals surface area contributed by atoms with E-state index in [1.165, 1.54) is 11.8 Å². The highest BCUT2D eigenvalue weighted by molar-refractivity contribution is 7.99. The summed E-state index contributed by atoms with van der Waals surface area (Å²) in [4.78, 5) is 23.7. The molecule has 1 aliphatic rings. The average molecular weight is 338 g/mol. The Morgan fingerprint density at radius 2 is 2.00 bits per heavy atom. The first-order valence-electron chi connectivity index (χ1n) is 6.66. The minimum Gasteiger partial charge on any atom is -0.479 e. The average Bonchev–Trinajstić information content (AvgIpc) is 2.75. The molecular formula is C12H22N2O5S2. The lowest BCUT2D eigenvalue weighted by molar-refractivity contribution is -0.146. The van der Waals surface area contributed by atoms with Crippen LogP contribution in [0.4, 0.5) is 0 Å². The molecule has 0 aliphatic carbocycles. The van der Waals surface area contributed by atoms with Crippen LogP contribution in [0.1, 0.15) is 26.7 Å². The first-order chi connectivity index (χ1) is 9.56. The summed E-state index contributed by atoms with van der Waals surface area (Å²) in [6.07, 6.45) is 1.62. The Morgan fingerprint density at radius 3 is 2.38 bits per heavy atom. The number of aliphatic carboxylic acids is 1. The number of rotatable bonds is 7. The van der Waals surface area contributed by atoms with E-state index in [1.807, 2.05) is 13.8 Å². The molecule has 1 rings (SSSR count). The predicted octanol–water partition coefficient (Wildman–Crippen LogP) is 0.0268. The van der Waals surface area contributed by atoms with Gasteiger partial charge < -0.3 is 10.4 Å². The zero-order chi connectivity index (χ0) is 16.3. The van der Waals surface area contributed by atoms with Crippen molar-refractivity contribution in [1.82, 2.24) is 10.0 Å². The summed E-state index contributed by atoms with van der Waals surface area (Å²) in [6, 6.07) is -0.957. The molecule has 1 saturated heterocycles. The molecule has 7 nitrogen and oxygen atoms in total. The number of carbonyl (C=O) groups is 2. The van der Waals surface area contributed by atoms with Gasteiger partial charge in [0, 0.05) is 5.75 Å². The number of hydrogen-bond donors (Lipinski definition) is 3. The fourth-order valence-electron chi connectivity index (χ4n) is 2.15. The molecule has 0 radical (unpaired) electrons. The summed E-state index contributed by atoms with van der Waals surface area (Å²) >= 11 is 1.46. The van der Waals surface area contributed by atoms with Crippen LogP contribution >= 0.6 is 11.8 Å². The van der Waals surface area contributed by atoms with Crippen LogP contribution in [0.15, 0.2) is 0 Å². The van der Waals surface area contributed by atoms with E-state index >= 15 is 0 Å². The first-order valence-corrected chi connectivity index (χ1v) is 9.71.